The van der Waals surface area contributed by atoms with Crippen LogP contribution in [0.15, 0.2) is 81.3 Å². The molecule has 1 amide bonds. The second-order valence-corrected chi connectivity index (χ2v) is 7.83. The average Bonchev–Trinajstić information content (AvgIpc) is 3.30. The summed E-state index contributed by atoms with van der Waals surface area (Å²) in [6, 6.07) is 20.2. The van der Waals surface area contributed by atoms with Crippen molar-refractivity contribution in [3.63, 3.8) is 0 Å². The van der Waals surface area contributed by atoms with Crippen LogP contribution in [0.1, 0.15) is 29.0 Å². The van der Waals surface area contributed by atoms with Gasteiger partial charge in [0.25, 0.3) is 5.91 Å². The minimum absolute atomic E-state index is 0.141. The Labute approximate surface area is 177 Å². The third-order valence-corrected chi connectivity index (χ3v) is 5.76. The Morgan fingerprint density at radius 2 is 1.90 bits per heavy atom. The van der Waals surface area contributed by atoms with Crippen LogP contribution in [-0.2, 0) is 11.2 Å². The van der Waals surface area contributed by atoms with E-state index in [9.17, 15) is 9.59 Å². The Hall–Kier alpha value is -3.38. The number of amides is 1. The van der Waals surface area contributed by atoms with Gasteiger partial charge in [0.05, 0.1) is 6.04 Å². The van der Waals surface area contributed by atoms with Crippen LogP contribution in [0.3, 0.4) is 0 Å². The minimum Gasteiger partial charge on any atom is -0.484 e. The maximum absolute atomic E-state index is 12.6. The molecule has 1 unspecified atom stereocenters. The molecular weight excluding hydrogens is 398 g/mol. The number of rotatable bonds is 7. The summed E-state index contributed by atoms with van der Waals surface area (Å²) in [6.07, 6.45) is 0.968. The summed E-state index contributed by atoms with van der Waals surface area (Å²) in [7, 11) is 0. The van der Waals surface area contributed by atoms with E-state index in [1.54, 1.807) is 35.6 Å². The molecule has 4 rings (SSSR count). The average molecular weight is 420 g/mol. The molecule has 0 aliphatic heterocycles. The SMILES string of the molecule is CCc1ccc(C(NC(=O)COc2ccc3ccc(=O)oc3c2)c2cccs2)cc1. The molecule has 2 heterocycles. The fourth-order valence-electron chi connectivity index (χ4n) is 3.20. The Bertz CT molecular complexity index is 1200. The molecule has 4 aromatic rings. The molecule has 0 spiro atoms. The monoisotopic (exact) mass is 419 g/mol. The summed E-state index contributed by atoms with van der Waals surface area (Å²) in [4.78, 5) is 25.1. The largest absolute Gasteiger partial charge is 0.484 e. The lowest BCUT2D eigenvalue weighted by atomic mass is 10.0. The van der Waals surface area contributed by atoms with Gasteiger partial charge in [-0.25, -0.2) is 4.79 Å². The van der Waals surface area contributed by atoms with Crippen LogP contribution < -0.4 is 15.7 Å². The van der Waals surface area contributed by atoms with Crippen molar-refractivity contribution in [1.29, 1.82) is 0 Å². The molecule has 0 fully saturated rings. The van der Waals surface area contributed by atoms with Gasteiger partial charge in [0.2, 0.25) is 0 Å². The smallest absolute Gasteiger partial charge is 0.336 e. The van der Waals surface area contributed by atoms with Crippen molar-refractivity contribution in [3.05, 3.63) is 98.5 Å². The van der Waals surface area contributed by atoms with E-state index in [2.05, 4.69) is 36.5 Å². The number of carbonyl (C=O) groups excluding carboxylic acids is 1. The summed E-state index contributed by atoms with van der Waals surface area (Å²) >= 11 is 1.60. The van der Waals surface area contributed by atoms with E-state index in [1.165, 1.54) is 11.6 Å². The van der Waals surface area contributed by atoms with Gasteiger partial charge in [-0.15, -0.1) is 11.3 Å². The zero-order valence-corrected chi connectivity index (χ0v) is 17.3. The molecule has 2 aromatic carbocycles. The number of benzene rings is 2. The molecule has 152 valence electrons. The molecule has 30 heavy (non-hydrogen) atoms. The van der Waals surface area contributed by atoms with Crippen LogP contribution in [0.2, 0.25) is 0 Å². The molecule has 0 radical (unpaired) electrons. The van der Waals surface area contributed by atoms with Gasteiger partial charge in [-0.1, -0.05) is 37.3 Å². The van der Waals surface area contributed by atoms with Gasteiger partial charge in [0.15, 0.2) is 6.61 Å². The molecule has 1 atom stereocenters. The maximum Gasteiger partial charge on any atom is 0.336 e. The van der Waals surface area contributed by atoms with Crippen molar-refractivity contribution in [2.75, 3.05) is 6.61 Å². The first-order valence-corrected chi connectivity index (χ1v) is 10.6. The zero-order valence-electron chi connectivity index (χ0n) is 16.5. The Morgan fingerprint density at radius 3 is 2.63 bits per heavy atom. The number of nitrogens with one attached hydrogen (secondary N) is 1. The van der Waals surface area contributed by atoms with Gasteiger partial charge in [0, 0.05) is 22.4 Å². The highest BCUT2D eigenvalue weighted by Gasteiger charge is 2.18. The van der Waals surface area contributed by atoms with Crippen molar-refractivity contribution in [3.8, 4) is 5.75 Å². The molecule has 0 saturated heterocycles. The topological polar surface area (TPSA) is 68.5 Å². The molecule has 0 saturated carbocycles. The highest BCUT2D eigenvalue weighted by Crippen LogP contribution is 2.26. The van der Waals surface area contributed by atoms with Crippen LogP contribution in [0.25, 0.3) is 11.0 Å². The van der Waals surface area contributed by atoms with Gasteiger partial charge in [-0.2, -0.15) is 0 Å². The third kappa shape index (κ3) is 4.60. The Kier molecular flexibility index (Phi) is 5.95. The van der Waals surface area contributed by atoms with E-state index < -0.39 is 5.63 Å². The van der Waals surface area contributed by atoms with E-state index in [0.29, 0.717) is 11.3 Å². The first-order chi connectivity index (χ1) is 14.6. The van der Waals surface area contributed by atoms with Gasteiger partial charge >= 0.3 is 5.63 Å². The lowest BCUT2D eigenvalue weighted by Gasteiger charge is -2.19. The molecule has 1 N–H and O–H groups in total. The van der Waals surface area contributed by atoms with Crippen LogP contribution in [0.4, 0.5) is 0 Å². The van der Waals surface area contributed by atoms with Crippen molar-refractivity contribution in [2.45, 2.75) is 19.4 Å². The van der Waals surface area contributed by atoms with Crippen molar-refractivity contribution < 1.29 is 13.9 Å². The highest BCUT2D eigenvalue weighted by atomic mass is 32.1. The second kappa shape index (κ2) is 8.97. The van der Waals surface area contributed by atoms with E-state index >= 15 is 0 Å². The number of hydrogen-bond donors (Lipinski definition) is 1. The van der Waals surface area contributed by atoms with E-state index in [4.69, 9.17) is 9.15 Å². The minimum atomic E-state index is -0.426. The third-order valence-electron chi connectivity index (χ3n) is 4.82. The fourth-order valence-corrected chi connectivity index (χ4v) is 4.00. The summed E-state index contributed by atoms with van der Waals surface area (Å²) in [6.45, 7) is 1.97. The maximum atomic E-state index is 12.6. The predicted molar refractivity (Wildman–Crippen MR) is 118 cm³/mol. The lowest BCUT2D eigenvalue weighted by Crippen LogP contribution is -2.32. The normalized spacial score (nSPS) is 11.9. The van der Waals surface area contributed by atoms with Gasteiger partial charge in [-0.05, 0) is 47.2 Å². The van der Waals surface area contributed by atoms with Crippen LogP contribution >= 0.6 is 11.3 Å². The van der Waals surface area contributed by atoms with Crippen molar-refractivity contribution in [1.82, 2.24) is 5.32 Å². The molecule has 6 heteroatoms. The van der Waals surface area contributed by atoms with Gasteiger partial charge < -0.3 is 14.5 Å². The number of carbonyl (C=O) groups is 1. The highest BCUT2D eigenvalue weighted by molar-refractivity contribution is 7.10. The van der Waals surface area contributed by atoms with E-state index in [1.807, 2.05) is 17.5 Å². The number of hydrogen-bond acceptors (Lipinski definition) is 5. The fraction of sp³-hybridized carbons (Fsp3) is 0.167. The first-order valence-electron chi connectivity index (χ1n) is 9.70. The van der Waals surface area contributed by atoms with Gasteiger partial charge in [0.1, 0.15) is 11.3 Å². The van der Waals surface area contributed by atoms with Gasteiger partial charge in [-0.3, -0.25) is 4.79 Å². The van der Waals surface area contributed by atoms with Crippen LogP contribution in [0, 0.1) is 0 Å². The Morgan fingerprint density at radius 1 is 1.10 bits per heavy atom. The zero-order chi connectivity index (χ0) is 20.9. The quantitative estimate of drug-likeness (QED) is 0.441. The molecule has 5 nitrogen and oxygen atoms in total. The summed E-state index contributed by atoms with van der Waals surface area (Å²) in [5.41, 5.74) is 2.27. The second-order valence-electron chi connectivity index (χ2n) is 6.85. The molecule has 0 aliphatic carbocycles. The summed E-state index contributed by atoms with van der Waals surface area (Å²) in [5, 5.41) is 5.85. The standard InChI is InChI=1S/C24H21NO4S/c1-2-16-5-7-18(8-6-16)24(21-4-3-13-30-21)25-22(26)15-28-19-11-9-17-10-12-23(27)29-20(17)14-19/h3-14,24H,2,15H2,1H3,(H,25,26). The van der Waals surface area contributed by atoms with Crippen molar-refractivity contribution >= 4 is 28.2 Å². The molecule has 0 aliphatic rings. The molecule has 0 bridgehead atoms. The number of ether oxygens (including phenoxy) is 1. The van der Waals surface area contributed by atoms with Crippen LogP contribution in [-0.4, -0.2) is 12.5 Å². The number of fused-ring (bicyclic) bond motifs is 1. The predicted octanol–water partition coefficient (Wildman–Crippen LogP) is 4.70. The van der Waals surface area contributed by atoms with Crippen molar-refractivity contribution in [2.24, 2.45) is 0 Å². The molecular formula is C24H21NO4S. The summed E-state index contributed by atoms with van der Waals surface area (Å²) < 4.78 is 10.8. The first kappa shape index (κ1) is 19.9. The lowest BCUT2D eigenvalue weighted by molar-refractivity contribution is -0.123. The summed E-state index contributed by atoms with van der Waals surface area (Å²) in [5.74, 6) is 0.231. The number of aryl methyl sites for hydroxylation is 1. The number of thiophene rings is 1. The Balaban J connectivity index is 1.47. The van der Waals surface area contributed by atoms with E-state index in [0.717, 1.165) is 22.2 Å². The van der Waals surface area contributed by atoms with Crippen LogP contribution in [0.5, 0.6) is 5.75 Å². The molecule has 2 aromatic heterocycles. The van der Waals surface area contributed by atoms with E-state index in [-0.39, 0.29) is 18.6 Å².